The summed E-state index contributed by atoms with van der Waals surface area (Å²) in [6, 6.07) is 12.8. The molecule has 2 fully saturated rings. The van der Waals surface area contributed by atoms with E-state index in [0.717, 1.165) is 37.2 Å². The molecule has 0 aliphatic carbocycles. The third-order valence-corrected chi connectivity index (χ3v) is 7.71. The van der Waals surface area contributed by atoms with Crippen LogP contribution in [0.2, 0.25) is 5.02 Å². The number of ether oxygens (including phenoxy) is 2. The fourth-order valence-electron chi connectivity index (χ4n) is 5.69. The van der Waals surface area contributed by atoms with Gasteiger partial charge in [0.05, 0.1) is 18.8 Å². The molecule has 3 aliphatic rings. The van der Waals surface area contributed by atoms with Gasteiger partial charge in [0.1, 0.15) is 11.4 Å². The van der Waals surface area contributed by atoms with Crippen molar-refractivity contribution < 1.29 is 19.1 Å². The number of hydrogen-bond donors (Lipinski definition) is 1. The average Bonchev–Trinajstić information content (AvgIpc) is 2.79. The van der Waals surface area contributed by atoms with Crippen molar-refractivity contribution in [3.8, 4) is 5.75 Å². The van der Waals surface area contributed by atoms with Crippen molar-refractivity contribution in [3.05, 3.63) is 58.6 Å². The summed E-state index contributed by atoms with van der Waals surface area (Å²) < 4.78 is 13.1. The van der Waals surface area contributed by atoms with Crippen molar-refractivity contribution in [1.82, 2.24) is 4.90 Å². The molecule has 1 N–H and O–H groups in total. The first-order valence-electron chi connectivity index (χ1n) is 12.0. The zero-order chi connectivity index (χ0) is 24.0. The van der Waals surface area contributed by atoms with E-state index in [1.165, 1.54) is 6.92 Å². The Bertz CT molecular complexity index is 1100. The van der Waals surface area contributed by atoms with Crippen molar-refractivity contribution >= 4 is 29.0 Å². The number of Topliss-reactive ketones (excluding diaryl/α,β-unsaturated/α-hetero) is 1. The highest BCUT2D eigenvalue weighted by Crippen LogP contribution is 2.53. The van der Waals surface area contributed by atoms with Crippen LogP contribution >= 0.6 is 11.6 Å². The molecule has 3 aliphatic heterocycles. The second kappa shape index (κ2) is 8.99. The minimum absolute atomic E-state index is 0.0100. The fourth-order valence-corrected chi connectivity index (χ4v) is 5.87. The minimum Gasteiger partial charge on any atom is -0.487 e. The number of carbonyl (C=O) groups excluding carboxylic acids is 2. The number of nitrogens with one attached hydrogen (secondary N) is 1. The summed E-state index contributed by atoms with van der Waals surface area (Å²) in [4.78, 5) is 26.3. The minimum atomic E-state index is -0.345. The van der Waals surface area contributed by atoms with Crippen molar-refractivity contribution in [2.45, 2.75) is 51.4 Å². The lowest BCUT2D eigenvalue weighted by Crippen LogP contribution is -2.55. The molecule has 180 valence electrons. The first kappa shape index (κ1) is 23.3. The monoisotopic (exact) mass is 482 g/mol. The van der Waals surface area contributed by atoms with Gasteiger partial charge in [0.25, 0.3) is 0 Å². The van der Waals surface area contributed by atoms with Crippen LogP contribution in [0.3, 0.4) is 0 Å². The Balaban J connectivity index is 1.23. The number of piperidine rings is 1. The molecule has 0 spiro atoms. The maximum absolute atomic E-state index is 12.7. The number of anilines is 1. The number of likely N-dealkylation sites (tertiary alicyclic amines) is 1. The number of amides is 1. The predicted molar refractivity (Wildman–Crippen MR) is 132 cm³/mol. The molecule has 34 heavy (non-hydrogen) atoms. The van der Waals surface area contributed by atoms with Crippen LogP contribution < -0.4 is 10.1 Å². The Labute approximate surface area is 205 Å². The molecule has 2 aromatic carbocycles. The largest absolute Gasteiger partial charge is 0.487 e. The van der Waals surface area contributed by atoms with Gasteiger partial charge in [0, 0.05) is 40.8 Å². The van der Waals surface area contributed by atoms with Gasteiger partial charge in [-0.3, -0.25) is 14.5 Å². The van der Waals surface area contributed by atoms with E-state index in [1.807, 2.05) is 18.2 Å². The molecule has 2 saturated heterocycles. The topological polar surface area (TPSA) is 67.9 Å². The summed E-state index contributed by atoms with van der Waals surface area (Å²) in [5, 5.41) is 3.64. The molecule has 0 saturated carbocycles. The van der Waals surface area contributed by atoms with Crippen LogP contribution in [0.25, 0.3) is 0 Å². The lowest BCUT2D eigenvalue weighted by molar-refractivity contribution is -0.187. The molecule has 0 radical (unpaired) electrons. The number of halogens is 1. The Morgan fingerprint density at radius 3 is 2.68 bits per heavy atom. The predicted octanol–water partition coefficient (Wildman–Crippen LogP) is 5.12. The molecule has 0 aromatic heterocycles. The number of fused-ring (bicyclic) bond motifs is 4. The van der Waals surface area contributed by atoms with E-state index in [-0.39, 0.29) is 35.4 Å². The van der Waals surface area contributed by atoms with Gasteiger partial charge in [-0.15, -0.1) is 0 Å². The Morgan fingerprint density at radius 1 is 1.18 bits per heavy atom. The van der Waals surface area contributed by atoms with Crippen LogP contribution in [-0.2, 0) is 9.53 Å². The zero-order valence-corrected chi connectivity index (χ0v) is 20.6. The lowest BCUT2D eigenvalue weighted by Gasteiger charge is -2.53. The van der Waals surface area contributed by atoms with Crippen molar-refractivity contribution in [2.75, 3.05) is 25.0 Å². The summed E-state index contributed by atoms with van der Waals surface area (Å²) in [7, 11) is 0. The van der Waals surface area contributed by atoms with E-state index in [1.54, 1.807) is 24.3 Å². The number of hydrogen-bond acceptors (Lipinski definition) is 5. The highest BCUT2D eigenvalue weighted by molar-refractivity contribution is 6.30. The summed E-state index contributed by atoms with van der Waals surface area (Å²) in [6.45, 7) is 7.78. The van der Waals surface area contributed by atoms with Crippen LogP contribution in [0.4, 0.5) is 5.69 Å². The Kier molecular flexibility index (Phi) is 6.17. The standard InChI is InChI=1S/C27H31ClN2O4/c1-16(31)17-4-7-20(8-5-17)29-25(32)15-30-11-10-23-18(14-30)12-22-26(33-23)21-13-19(28)6-9-24(21)34-27(22,2)3/h4-9,13,18,22-23,26H,10-12,14-15H2,1-3H3,(H,29,32)/t18-,22+,23+,26-/m0/s1. The molecule has 0 bridgehead atoms. The van der Waals surface area contributed by atoms with Gasteiger partial charge in [-0.1, -0.05) is 11.6 Å². The number of carbonyl (C=O) groups is 2. The summed E-state index contributed by atoms with van der Waals surface area (Å²) in [6.07, 6.45) is 2.02. The van der Waals surface area contributed by atoms with Crippen molar-refractivity contribution in [1.29, 1.82) is 0 Å². The summed E-state index contributed by atoms with van der Waals surface area (Å²) in [5.74, 6) is 1.39. The van der Waals surface area contributed by atoms with Gasteiger partial charge in [0.15, 0.2) is 5.78 Å². The van der Waals surface area contributed by atoms with Crippen LogP contribution in [0.5, 0.6) is 5.75 Å². The molecule has 2 aromatic rings. The maximum Gasteiger partial charge on any atom is 0.238 e. The smallest absolute Gasteiger partial charge is 0.238 e. The second-order valence-electron chi connectivity index (χ2n) is 10.3. The second-order valence-corrected chi connectivity index (χ2v) is 10.7. The van der Waals surface area contributed by atoms with E-state index in [0.29, 0.717) is 28.7 Å². The van der Waals surface area contributed by atoms with E-state index in [4.69, 9.17) is 21.1 Å². The molecule has 4 atom stereocenters. The van der Waals surface area contributed by atoms with Crippen molar-refractivity contribution in [3.63, 3.8) is 0 Å². The van der Waals surface area contributed by atoms with Gasteiger partial charge >= 0.3 is 0 Å². The molecule has 5 rings (SSSR count). The Hall–Kier alpha value is -2.41. The van der Waals surface area contributed by atoms with Gasteiger partial charge in [-0.05, 0) is 82.0 Å². The van der Waals surface area contributed by atoms with Crippen LogP contribution in [0, 0.1) is 11.8 Å². The van der Waals surface area contributed by atoms with Gasteiger partial charge < -0.3 is 14.8 Å². The van der Waals surface area contributed by atoms with Crippen LogP contribution in [-0.4, -0.2) is 47.9 Å². The highest BCUT2D eigenvalue weighted by atomic mass is 35.5. The van der Waals surface area contributed by atoms with Crippen LogP contribution in [0.1, 0.15) is 55.6 Å². The maximum atomic E-state index is 12.7. The molecule has 3 heterocycles. The average molecular weight is 483 g/mol. The third kappa shape index (κ3) is 4.59. The highest BCUT2D eigenvalue weighted by Gasteiger charge is 2.51. The molecule has 0 unspecified atom stereocenters. The number of rotatable bonds is 4. The molecule has 1 amide bonds. The summed E-state index contributed by atoms with van der Waals surface area (Å²) in [5.41, 5.74) is 2.04. The summed E-state index contributed by atoms with van der Waals surface area (Å²) >= 11 is 6.29. The number of benzene rings is 2. The third-order valence-electron chi connectivity index (χ3n) is 7.48. The lowest BCUT2D eigenvalue weighted by atomic mass is 9.70. The molecular weight excluding hydrogens is 452 g/mol. The Morgan fingerprint density at radius 2 is 1.94 bits per heavy atom. The molecule has 7 heteroatoms. The SMILES string of the molecule is CC(=O)c1ccc(NC(=O)CN2CC[C@H]3O[C@H]4c5cc(Cl)ccc5OC(C)(C)[C@@H]4C[C@H]3C2)cc1. The molecule has 6 nitrogen and oxygen atoms in total. The van der Waals surface area contributed by atoms with E-state index in [9.17, 15) is 9.59 Å². The van der Waals surface area contributed by atoms with Gasteiger partial charge in [-0.2, -0.15) is 0 Å². The first-order chi connectivity index (χ1) is 16.2. The van der Waals surface area contributed by atoms with Crippen molar-refractivity contribution in [2.24, 2.45) is 11.8 Å². The number of nitrogens with zero attached hydrogens (tertiary/aromatic N) is 1. The fraction of sp³-hybridized carbons (Fsp3) is 0.481. The van der Waals surface area contributed by atoms with Gasteiger partial charge in [0.2, 0.25) is 5.91 Å². The van der Waals surface area contributed by atoms with Crippen LogP contribution in [0.15, 0.2) is 42.5 Å². The zero-order valence-electron chi connectivity index (χ0n) is 19.8. The number of ketones is 1. The quantitative estimate of drug-likeness (QED) is 0.612. The van der Waals surface area contributed by atoms with E-state index >= 15 is 0 Å². The first-order valence-corrected chi connectivity index (χ1v) is 12.3. The van der Waals surface area contributed by atoms with E-state index in [2.05, 4.69) is 24.1 Å². The van der Waals surface area contributed by atoms with Gasteiger partial charge in [-0.25, -0.2) is 0 Å². The normalized spacial score (nSPS) is 27.5. The van der Waals surface area contributed by atoms with E-state index < -0.39 is 0 Å². The molecular formula is C27H31ClN2O4.